The molecule has 2 aliphatic rings. The molecule has 0 radical (unpaired) electrons. The second-order valence-corrected chi connectivity index (χ2v) is 6.87. The van der Waals surface area contributed by atoms with Crippen LogP contribution in [-0.4, -0.2) is 67.7 Å². The van der Waals surface area contributed by atoms with E-state index in [-0.39, 0.29) is 34.8 Å². The summed E-state index contributed by atoms with van der Waals surface area (Å²) >= 11 is 0. The van der Waals surface area contributed by atoms with E-state index in [1.165, 1.54) is 10.9 Å². The monoisotopic (exact) mass is 377 g/mol. The topological polar surface area (TPSA) is 104 Å². The van der Waals surface area contributed by atoms with E-state index in [4.69, 9.17) is 10.5 Å². The molecule has 2 aliphatic heterocycles. The number of carbonyl (C=O) groups is 1. The Kier molecular flexibility index (Phi) is 3.88. The predicted octanol–water partition coefficient (Wildman–Crippen LogP) is 0.0905. The normalized spacial score (nSPS) is 17.3. The van der Waals surface area contributed by atoms with Gasteiger partial charge in [0, 0.05) is 39.4 Å². The number of hydrogen-bond donors (Lipinski definition) is 2. The van der Waals surface area contributed by atoms with Crippen molar-refractivity contribution < 1.29 is 19.0 Å². The molecule has 0 bridgehead atoms. The molecule has 0 aliphatic carbocycles. The van der Waals surface area contributed by atoms with Gasteiger partial charge in [-0.25, -0.2) is 9.18 Å². The van der Waals surface area contributed by atoms with Crippen LogP contribution in [0.1, 0.15) is 10.4 Å². The van der Waals surface area contributed by atoms with Crippen LogP contribution in [0.5, 0.6) is 5.75 Å². The summed E-state index contributed by atoms with van der Waals surface area (Å²) in [6.07, 6.45) is 1.23. The molecule has 1 saturated heterocycles. The summed E-state index contributed by atoms with van der Waals surface area (Å²) in [7, 11) is 3.66. The van der Waals surface area contributed by atoms with E-state index in [1.807, 2.05) is 11.9 Å². The summed E-state index contributed by atoms with van der Waals surface area (Å²) in [5, 5.41) is 10.8. The first-order valence-corrected chi connectivity index (χ1v) is 8.52. The second kappa shape index (κ2) is 6.02. The smallest absolute Gasteiger partial charge is 0.341 e. The summed E-state index contributed by atoms with van der Waals surface area (Å²) < 4.78 is 22.5. The number of likely N-dealkylation sites (N-methyl/N-ethyl adjacent to an activating group) is 1. The number of anilines is 2. The molecule has 1 aromatic heterocycles. The molecule has 1 aromatic carbocycles. The van der Waals surface area contributed by atoms with Gasteiger partial charge in [-0.2, -0.15) is 0 Å². The summed E-state index contributed by atoms with van der Waals surface area (Å²) in [6, 6.07) is 0. The highest BCUT2D eigenvalue weighted by Gasteiger charge is 2.32. The maximum Gasteiger partial charge on any atom is 0.341 e. The summed E-state index contributed by atoms with van der Waals surface area (Å²) in [5.74, 6) is -1.93. The molecule has 0 atom stereocenters. The fraction of sp³-hybridized carbons (Fsp3) is 0.412. The molecule has 1 fully saturated rings. The van der Waals surface area contributed by atoms with Gasteiger partial charge in [-0.1, -0.05) is 0 Å². The molecule has 0 amide bonds. The lowest BCUT2D eigenvalue weighted by Crippen LogP contribution is -2.46. The lowest BCUT2D eigenvalue weighted by Gasteiger charge is -2.38. The fourth-order valence-electron chi connectivity index (χ4n) is 3.61. The first kappa shape index (κ1) is 17.4. The first-order chi connectivity index (χ1) is 12.8. The zero-order chi connectivity index (χ0) is 19.5. The average molecular weight is 377 g/mol. The van der Waals surface area contributed by atoms with Crippen LogP contribution < -0.4 is 25.8 Å². The van der Waals surface area contributed by atoms with Gasteiger partial charge in [0.1, 0.15) is 16.8 Å². The van der Waals surface area contributed by atoms with Crippen molar-refractivity contribution in [2.45, 2.75) is 0 Å². The van der Waals surface area contributed by atoms with E-state index in [1.54, 1.807) is 12.1 Å². The van der Waals surface area contributed by atoms with Crippen LogP contribution in [0.25, 0.3) is 10.9 Å². The lowest BCUT2D eigenvalue weighted by molar-refractivity contribution is 0.0694. The number of benzene rings is 1. The molecule has 10 heteroatoms. The Labute approximate surface area is 153 Å². The number of hydrogen-bond acceptors (Lipinski definition) is 7. The molecule has 27 heavy (non-hydrogen) atoms. The van der Waals surface area contributed by atoms with Crippen molar-refractivity contribution in [1.29, 1.82) is 0 Å². The molecule has 144 valence electrons. The lowest BCUT2D eigenvalue weighted by atomic mass is 10.1. The average Bonchev–Trinajstić information content (AvgIpc) is 2.63. The van der Waals surface area contributed by atoms with E-state index in [0.717, 1.165) is 13.1 Å². The Morgan fingerprint density at radius 2 is 1.93 bits per heavy atom. The van der Waals surface area contributed by atoms with Gasteiger partial charge < -0.3 is 25.4 Å². The molecule has 9 nitrogen and oxygen atoms in total. The van der Waals surface area contributed by atoms with Crippen LogP contribution in [-0.2, 0) is 0 Å². The number of nitrogens with two attached hydrogens (primary N) is 1. The minimum Gasteiger partial charge on any atom is -0.477 e. The van der Waals surface area contributed by atoms with Crippen molar-refractivity contribution in [3.8, 4) is 5.75 Å². The number of carboxylic acids is 1. The molecule has 3 N–H and O–H groups in total. The van der Waals surface area contributed by atoms with Crippen LogP contribution in [0.4, 0.5) is 15.8 Å². The van der Waals surface area contributed by atoms with Crippen molar-refractivity contribution >= 4 is 28.2 Å². The van der Waals surface area contributed by atoms with Crippen molar-refractivity contribution in [3.05, 3.63) is 27.8 Å². The highest BCUT2D eigenvalue weighted by atomic mass is 19.1. The number of pyridine rings is 1. The van der Waals surface area contributed by atoms with E-state index in [9.17, 15) is 14.7 Å². The highest BCUT2D eigenvalue weighted by molar-refractivity contribution is 6.03. The maximum atomic E-state index is 15.3. The minimum atomic E-state index is -1.39. The zero-order valence-corrected chi connectivity index (χ0v) is 15.0. The molecule has 3 heterocycles. The predicted molar refractivity (Wildman–Crippen MR) is 98.9 cm³/mol. The van der Waals surface area contributed by atoms with E-state index in [2.05, 4.69) is 4.90 Å². The van der Waals surface area contributed by atoms with Gasteiger partial charge in [-0.3, -0.25) is 14.5 Å². The number of nitrogen functional groups attached to an aromatic ring is 1. The molecule has 0 saturated carbocycles. The Bertz CT molecular complexity index is 1010. The minimum absolute atomic E-state index is 0.0775. The number of aromatic nitrogens is 1. The van der Waals surface area contributed by atoms with Crippen LogP contribution in [0.15, 0.2) is 11.0 Å². The number of nitrogens with zero attached hydrogens (tertiary/aromatic N) is 4. The quantitative estimate of drug-likeness (QED) is 0.710. The SMILES string of the molecule is CN1CCN(c2c(F)c(N)c3c(=O)c(C(=O)O)cn4c3c2OCN4C)CC1. The van der Waals surface area contributed by atoms with Gasteiger partial charge in [0.05, 0.1) is 11.1 Å². The highest BCUT2D eigenvalue weighted by Crippen LogP contribution is 2.43. The summed E-state index contributed by atoms with van der Waals surface area (Å²) in [4.78, 5) is 28.1. The van der Waals surface area contributed by atoms with Crippen molar-refractivity contribution in [1.82, 2.24) is 9.58 Å². The fourth-order valence-corrected chi connectivity index (χ4v) is 3.61. The van der Waals surface area contributed by atoms with Crippen molar-refractivity contribution in [2.24, 2.45) is 0 Å². The largest absolute Gasteiger partial charge is 0.477 e. The number of carboxylic acid groups (broad SMARTS) is 1. The van der Waals surface area contributed by atoms with Crippen molar-refractivity contribution in [3.63, 3.8) is 0 Å². The number of rotatable bonds is 2. The molecule has 0 spiro atoms. The van der Waals surface area contributed by atoms with Gasteiger partial charge in [0.25, 0.3) is 0 Å². The van der Waals surface area contributed by atoms with Crippen molar-refractivity contribution in [2.75, 3.05) is 62.6 Å². The Hall–Kier alpha value is -3.01. The summed E-state index contributed by atoms with van der Waals surface area (Å²) in [5.41, 5.74) is 4.84. The molecular formula is C17H20FN5O4. The Morgan fingerprint density at radius 3 is 2.56 bits per heavy atom. The third kappa shape index (κ3) is 2.47. The third-order valence-electron chi connectivity index (χ3n) is 5.15. The third-order valence-corrected chi connectivity index (χ3v) is 5.15. The number of piperazine rings is 1. The Morgan fingerprint density at radius 1 is 1.26 bits per heavy atom. The van der Waals surface area contributed by atoms with Gasteiger partial charge >= 0.3 is 5.97 Å². The van der Waals surface area contributed by atoms with Crippen LogP contribution in [0.3, 0.4) is 0 Å². The number of halogens is 1. The standard InChI is InChI=1S/C17H20FN5O4/c1-20-3-5-22(6-4-20)14-11(18)12(19)10-13-16(14)27-8-21(2)23(13)7-9(15(10)24)17(25)26/h7H,3-6,8,19H2,1-2H3,(H,25,26). The van der Waals surface area contributed by atoms with Crippen LogP contribution in [0.2, 0.25) is 0 Å². The molecular weight excluding hydrogens is 357 g/mol. The maximum absolute atomic E-state index is 15.3. The summed E-state index contributed by atoms with van der Waals surface area (Å²) in [6.45, 7) is 2.75. The number of aromatic carboxylic acids is 1. The Balaban J connectivity index is 2.07. The van der Waals surface area contributed by atoms with Gasteiger partial charge in [-0.05, 0) is 7.05 Å². The van der Waals surface area contributed by atoms with Crippen LogP contribution >= 0.6 is 0 Å². The molecule has 4 rings (SSSR count). The molecule has 0 unspecified atom stereocenters. The number of ether oxygens (including phenoxy) is 1. The van der Waals surface area contributed by atoms with Gasteiger partial charge in [0.2, 0.25) is 5.43 Å². The van der Waals surface area contributed by atoms with E-state index < -0.39 is 22.8 Å². The first-order valence-electron chi connectivity index (χ1n) is 8.52. The van der Waals surface area contributed by atoms with E-state index >= 15 is 4.39 Å². The van der Waals surface area contributed by atoms with Gasteiger partial charge in [0.15, 0.2) is 18.3 Å². The molecule has 2 aromatic rings. The van der Waals surface area contributed by atoms with E-state index in [0.29, 0.717) is 13.1 Å². The zero-order valence-electron chi connectivity index (χ0n) is 15.0. The second-order valence-electron chi connectivity index (χ2n) is 6.87. The van der Waals surface area contributed by atoms with Crippen LogP contribution in [0, 0.1) is 5.82 Å². The van der Waals surface area contributed by atoms with Gasteiger partial charge in [-0.15, -0.1) is 0 Å².